The molecule has 0 aliphatic rings. The smallest absolute Gasteiger partial charge is 0.264 e. The Hall–Kier alpha value is -3.47. The molecular weight excluding hydrogens is 343 g/mol. The normalized spacial score (nSPS) is 12.0. The van der Waals surface area contributed by atoms with Crippen molar-refractivity contribution in [3.8, 4) is 17.5 Å². The second-order valence-corrected chi connectivity index (χ2v) is 5.53. The number of benzene rings is 1. The van der Waals surface area contributed by atoms with E-state index >= 15 is 0 Å². The van der Waals surface area contributed by atoms with Gasteiger partial charge in [-0.1, -0.05) is 6.07 Å². The van der Waals surface area contributed by atoms with Crippen LogP contribution in [0.25, 0.3) is 23.2 Å². The molecule has 2 aromatic heterocycles. The summed E-state index contributed by atoms with van der Waals surface area (Å²) in [4.78, 5) is 7.99. The number of allylic oxidation sites excluding steroid dienone is 1. The number of hydrogen-bond acceptors (Lipinski definition) is 4. The Morgan fingerprint density at radius 2 is 2.08 bits per heavy atom. The van der Waals surface area contributed by atoms with Gasteiger partial charge in [-0.15, -0.1) is 5.10 Å². The minimum absolute atomic E-state index is 0.138. The van der Waals surface area contributed by atoms with E-state index in [1.54, 1.807) is 31.3 Å². The predicted molar refractivity (Wildman–Crippen MR) is 89.2 cm³/mol. The Morgan fingerprint density at radius 1 is 1.27 bits per heavy atom. The molecule has 0 saturated heterocycles. The Morgan fingerprint density at radius 3 is 2.73 bits per heavy atom. The van der Waals surface area contributed by atoms with E-state index in [9.17, 15) is 18.4 Å². The van der Waals surface area contributed by atoms with E-state index in [0.29, 0.717) is 16.7 Å². The topological polar surface area (TPSA) is 67.4 Å². The number of hydrogen-bond donors (Lipinski definition) is 0. The van der Waals surface area contributed by atoms with Crippen LogP contribution in [-0.4, -0.2) is 19.7 Å². The van der Waals surface area contributed by atoms with Crippen LogP contribution in [0.15, 0.2) is 49.1 Å². The highest BCUT2D eigenvalue weighted by Crippen LogP contribution is 2.32. The van der Waals surface area contributed by atoms with Crippen LogP contribution in [0.3, 0.4) is 0 Å². The van der Waals surface area contributed by atoms with Crippen molar-refractivity contribution >= 4 is 11.8 Å². The summed E-state index contributed by atoms with van der Waals surface area (Å²) in [6.07, 6.45) is 1.44. The Kier molecular flexibility index (Phi) is 4.54. The molecule has 0 amide bonds. The zero-order valence-electron chi connectivity index (χ0n) is 13.6. The van der Waals surface area contributed by atoms with E-state index in [0.717, 1.165) is 12.1 Å². The number of halogens is 3. The van der Waals surface area contributed by atoms with Gasteiger partial charge >= 0.3 is 6.18 Å². The summed E-state index contributed by atoms with van der Waals surface area (Å²) in [5, 5.41) is 13.4. The number of pyridine rings is 1. The first kappa shape index (κ1) is 17.4. The number of alkyl halides is 3. The highest BCUT2D eigenvalue weighted by Gasteiger charge is 2.31. The summed E-state index contributed by atoms with van der Waals surface area (Å²) in [5.74, 6) is 0.138. The van der Waals surface area contributed by atoms with Crippen LogP contribution in [0.5, 0.6) is 0 Å². The minimum Gasteiger partial charge on any atom is -0.264 e. The Labute approximate surface area is 147 Å². The van der Waals surface area contributed by atoms with E-state index in [2.05, 4.69) is 15.1 Å². The summed E-state index contributed by atoms with van der Waals surface area (Å²) in [7, 11) is 0. The van der Waals surface area contributed by atoms with Crippen molar-refractivity contribution in [3.05, 3.63) is 65.7 Å². The van der Waals surface area contributed by atoms with Crippen LogP contribution in [-0.2, 0) is 6.18 Å². The molecule has 0 bridgehead atoms. The molecule has 0 unspecified atom stereocenters. The predicted octanol–water partition coefficient (Wildman–Crippen LogP) is 4.19. The number of aromatic nitrogens is 4. The van der Waals surface area contributed by atoms with Gasteiger partial charge in [0.05, 0.1) is 11.1 Å². The first-order valence-electron chi connectivity index (χ1n) is 7.49. The van der Waals surface area contributed by atoms with Gasteiger partial charge in [0.2, 0.25) is 0 Å². The molecule has 0 aliphatic heterocycles. The maximum Gasteiger partial charge on any atom is 0.416 e. The number of nitriles is 1. The van der Waals surface area contributed by atoms with Crippen LogP contribution in [0.2, 0.25) is 0 Å². The lowest BCUT2D eigenvalue weighted by Gasteiger charge is -2.09. The van der Waals surface area contributed by atoms with E-state index < -0.39 is 11.7 Å². The lowest BCUT2D eigenvalue weighted by atomic mass is 10.1. The maximum absolute atomic E-state index is 13.0. The summed E-state index contributed by atoms with van der Waals surface area (Å²) >= 11 is 0. The fraction of sp³-hybridized carbons (Fsp3) is 0.111. The fourth-order valence-corrected chi connectivity index (χ4v) is 2.37. The minimum atomic E-state index is -4.45. The highest BCUT2D eigenvalue weighted by atomic mass is 19.4. The highest BCUT2D eigenvalue weighted by molar-refractivity contribution is 5.84. The van der Waals surface area contributed by atoms with Crippen molar-refractivity contribution in [1.29, 1.82) is 5.26 Å². The maximum atomic E-state index is 13.0. The van der Waals surface area contributed by atoms with Crippen molar-refractivity contribution in [1.82, 2.24) is 19.7 Å². The molecule has 8 heteroatoms. The van der Waals surface area contributed by atoms with Gasteiger partial charge in [-0.05, 0) is 36.8 Å². The van der Waals surface area contributed by atoms with Gasteiger partial charge in [0.1, 0.15) is 12.4 Å². The van der Waals surface area contributed by atoms with Crippen LogP contribution < -0.4 is 0 Å². The molecule has 0 spiro atoms. The van der Waals surface area contributed by atoms with Gasteiger partial charge in [0.25, 0.3) is 0 Å². The van der Waals surface area contributed by atoms with Crippen molar-refractivity contribution in [2.75, 3.05) is 0 Å². The second-order valence-electron chi connectivity index (χ2n) is 5.53. The summed E-state index contributed by atoms with van der Waals surface area (Å²) in [6.45, 7) is 1.58. The molecule has 130 valence electrons. The lowest BCUT2D eigenvalue weighted by Crippen LogP contribution is -2.05. The third-order valence-corrected chi connectivity index (χ3v) is 3.53. The first-order chi connectivity index (χ1) is 12.4. The zero-order valence-corrected chi connectivity index (χ0v) is 13.6. The zero-order chi connectivity index (χ0) is 18.7. The third kappa shape index (κ3) is 3.78. The number of aryl methyl sites for hydroxylation is 1. The van der Waals surface area contributed by atoms with Crippen LogP contribution in [0.4, 0.5) is 13.2 Å². The summed E-state index contributed by atoms with van der Waals surface area (Å²) in [5.41, 5.74) is 0.850. The number of rotatable bonds is 3. The van der Waals surface area contributed by atoms with Crippen molar-refractivity contribution in [2.45, 2.75) is 13.1 Å². The van der Waals surface area contributed by atoms with Gasteiger partial charge in [-0.2, -0.15) is 18.4 Å². The van der Waals surface area contributed by atoms with Crippen LogP contribution in [0.1, 0.15) is 16.7 Å². The van der Waals surface area contributed by atoms with Crippen molar-refractivity contribution in [3.63, 3.8) is 0 Å². The quantitative estimate of drug-likeness (QED) is 0.661. The molecule has 3 aromatic rings. The Balaban J connectivity index is 1.97. The fourth-order valence-electron chi connectivity index (χ4n) is 2.37. The lowest BCUT2D eigenvalue weighted by molar-refractivity contribution is -0.137. The largest absolute Gasteiger partial charge is 0.416 e. The Bertz CT molecular complexity index is 998. The van der Waals surface area contributed by atoms with Gasteiger partial charge in [0.15, 0.2) is 5.82 Å². The molecule has 0 saturated carbocycles. The van der Waals surface area contributed by atoms with E-state index in [-0.39, 0.29) is 11.4 Å². The van der Waals surface area contributed by atoms with Crippen LogP contribution in [0, 0.1) is 18.3 Å². The van der Waals surface area contributed by atoms with Crippen molar-refractivity contribution in [2.24, 2.45) is 0 Å². The van der Waals surface area contributed by atoms with Gasteiger partial charge in [-0.3, -0.25) is 4.98 Å². The molecule has 26 heavy (non-hydrogen) atoms. The standard InChI is InChI=1S/C18H12F3N5/c1-12-5-14(7-16(6-12)18(19,20)21)17-24-11-26(25-17)10-15(8-22)13-3-2-4-23-9-13/h2-7,9-11H,1H3. The van der Waals surface area contributed by atoms with E-state index in [1.165, 1.54) is 23.4 Å². The summed E-state index contributed by atoms with van der Waals surface area (Å²) < 4.78 is 40.2. The molecule has 3 rings (SSSR count). The van der Waals surface area contributed by atoms with Gasteiger partial charge in [0, 0.05) is 29.7 Å². The van der Waals surface area contributed by atoms with Crippen molar-refractivity contribution < 1.29 is 13.2 Å². The molecule has 0 fully saturated rings. The van der Waals surface area contributed by atoms with E-state index in [4.69, 9.17) is 0 Å². The molecule has 0 N–H and O–H groups in total. The van der Waals surface area contributed by atoms with E-state index in [1.807, 2.05) is 6.07 Å². The molecule has 0 aliphatic carbocycles. The first-order valence-corrected chi connectivity index (χ1v) is 7.49. The van der Waals surface area contributed by atoms with Gasteiger partial charge < -0.3 is 0 Å². The SMILES string of the molecule is Cc1cc(-c2ncn(C=C(C#N)c3cccnc3)n2)cc(C(F)(F)F)c1. The monoisotopic (exact) mass is 355 g/mol. The molecule has 0 atom stereocenters. The number of nitrogens with zero attached hydrogens (tertiary/aromatic N) is 5. The summed E-state index contributed by atoms with van der Waals surface area (Å²) in [6, 6.07) is 9.09. The molecule has 1 aromatic carbocycles. The molecule has 5 nitrogen and oxygen atoms in total. The molecule has 0 radical (unpaired) electrons. The average molecular weight is 355 g/mol. The molecular formula is C18H12F3N5. The van der Waals surface area contributed by atoms with Gasteiger partial charge in [-0.25, -0.2) is 9.67 Å². The second kappa shape index (κ2) is 6.80. The molecule has 2 heterocycles. The third-order valence-electron chi connectivity index (χ3n) is 3.53. The average Bonchev–Trinajstić information content (AvgIpc) is 3.08. The van der Waals surface area contributed by atoms with Crippen LogP contribution >= 0.6 is 0 Å².